The zero-order valence-electron chi connectivity index (χ0n) is 16.0. The second kappa shape index (κ2) is 7.66. The smallest absolute Gasteiger partial charge is 0.335 e. The number of nitrogens with one attached hydrogen (secondary N) is 1. The van der Waals surface area contributed by atoms with E-state index in [1.165, 1.54) is 6.07 Å². The van der Waals surface area contributed by atoms with Gasteiger partial charge >= 0.3 is 5.97 Å². The lowest BCUT2D eigenvalue weighted by Crippen LogP contribution is -2.20. The number of benzene rings is 2. The molecule has 1 amide bonds. The predicted molar refractivity (Wildman–Crippen MR) is 109 cm³/mol. The summed E-state index contributed by atoms with van der Waals surface area (Å²) >= 11 is 0. The maximum atomic E-state index is 12.8. The van der Waals surface area contributed by atoms with E-state index in [1.54, 1.807) is 16.7 Å². The number of aromatic nitrogens is 4. The molecule has 0 bridgehead atoms. The van der Waals surface area contributed by atoms with Gasteiger partial charge in [-0.05, 0) is 52.6 Å². The summed E-state index contributed by atoms with van der Waals surface area (Å²) in [5.41, 5.74) is 8.82. The van der Waals surface area contributed by atoms with Crippen molar-refractivity contribution in [1.82, 2.24) is 19.9 Å². The third-order valence-corrected chi connectivity index (χ3v) is 4.68. The van der Waals surface area contributed by atoms with Crippen LogP contribution in [0, 0.1) is 0 Å². The van der Waals surface area contributed by atoms with Crippen LogP contribution in [-0.4, -0.2) is 36.8 Å². The van der Waals surface area contributed by atoms with Crippen molar-refractivity contribution in [2.24, 2.45) is 0 Å². The van der Waals surface area contributed by atoms with E-state index in [4.69, 9.17) is 5.73 Å². The van der Waals surface area contributed by atoms with Crippen molar-refractivity contribution in [3.63, 3.8) is 0 Å². The lowest BCUT2D eigenvalue weighted by molar-refractivity contribution is -0.116. The van der Waals surface area contributed by atoms with Crippen molar-refractivity contribution in [2.45, 2.75) is 19.9 Å². The molecule has 10 nitrogen and oxygen atoms in total. The Morgan fingerprint density at radius 3 is 2.70 bits per heavy atom. The van der Waals surface area contributed by atoms with Gasteiger partial charge in [-0.3, -0.25) is 4.79 Å². The first kappa shape index (κ1) is 19.1. The van der Waals surface area contributed by atoms with Gasteiger partial charge in [0.05, 0.1) is 16.6 Å². The molecule has 30 heavy (non-hydrogen) atoms. The molecule has 4 aromatic rings. The number of carbonyl (C=O) groups excluding carboxylic acids is 1. The Morgan fingerprint density at radius 2 is 2.00 bits per heavy atom. The predicted octanol–water partition coefficient (Wildman–Crippen LogP) is 2.57. The van der Waals surface area contributed by atoms with Crippen molar-refractivity contribution < 1.29 is 19.3 Å². The molecule has 0 atom stereocenters. The number of aryl methyl sites for hydroxylation is 1. The lowest BCUT2D eigenvalue weighted by Gasteiger charge is -2.11. The number of carbonyl (C=O) groups is 2. The first-order valence-corrected chi connectivity index (χ1v) is 9.17. The van der Waals surface area contributed by atoms with Gasteiger partial charge in [0, 0.05) is 5.69 Å². The Hall–Kier alpha value is -4.21. The number of para-hydroxylation sites is 2. The number of anilines is 2. The molecule has 2 heterocycles. The van der Waals surface area contributed by atoms with Crippen molar-refractivity contribution >= 4 is 34.4 Å². The molecular weight excluding hydrogens is 388 g/mol. The number of carboxylic acid groups (broad SMARTS) is 1. The number of amides is 1. The minimum absolute atomic E-state index is 0.0652. The molecule has 0 spiro atoms. The van der Waals surface area contributed by atoms with Crippen LogP contribution < -0.4 is 11.1 Å². The van der Waals surface area contributed by atoms with Crippen molar-refractivity contribution in [1.29, 1.82) is 0 Å². The van der Waals surface area contributed by atoms with Crippen LogP contribution in [0.2, 0.25) is 0 Å². The number of aromatic carboxylic acids is 1. The zero-order valence-corrected chi connectivity index (χ0v) is 16.0. The number of imidazole rings is 1. The molecule has 0 aliphatic carbocycles. The molecule has 0 fully saturated rings. The van der Waals surface area contributed by atoms with Gasteiger partial charge in [0.25, 0.3) is 0 Å². The summed E-state index contributed by atoms with van der Waals surface area (Å²) in [7, 11) is 0. The highest BCUT2D eigenvalue weighted by molar-refractivity contribution is 5.94. The lowest BCUT2D eigenvalue weighted by atomic mass is 10.0. The molecule has 4 N–H and O–H groups in total. The number of carboxylic acids is 1. The summed E-state index contributed by atoms with van der Waals surface area (Å²) in [6.45, 7) is 1.79. The fourth-order valence-corrected chi connectivity index (χ4v) is 3.28. The molecule has 2 aromatic carbocycles. The van der Waals surface area contributed by atoms with Crippen molar-refractivity contribution in [3.05, 3.63) is 53.6 Å². The molecule has 0 unspecified atom stereocenters. The van der Waals surface area contributed by atoms with Crippen molar-refractivity contribution in [2.75, 3.05) is 11.1 Å². The van der Waals surface area contributed by atoms with Gasteiger partial charge < -0.3 is 20.7 Å². The van der Waals surface area contributed by atoms with Gasteiger partial charge in [-0.2, -0.15) is 0 Å². The molecule has 0 saturated heterocycles. The summed E-state index contributed by atoms with van der Waals surface area (Å²) in [6, 6.07) is 12.0. The minimum atomic E-state index is -1.00. The number of rotatable bonds is 6. The molecule has 0 radical (unpaired) electrons. The standard InChI is InChI=1S/C20H18N6O4/c1-2-11-9-12(7-8-13(11)20(28)29)22-16(27)10-26-15-6-4-3-5-14(15)23-19(26)17-18(21)25-30-24-17/h3-9H,2,10H2,1H3,(H2,21,25)(H,22,27)(H,28,29). The average Bonchev–Trinajstić information content (AvgIpc) is 3.31. The van der Waals surface area contributed by atoms with E-state index in [2.05, 4.69) is 25.2 Å². The van der Waals surface area contributed by atoms with E-state index < -0.39 is 5.97 Å². The van der Waals surface area contributed by atoms with Gasteiger partial charge in [0.1, 0.15) is 6.54 Å². The Labute approximate surface area is 170 Å². The number of fused-ring (bicyclic) bond motifs is 1. The van der Waals surface area contributed by atoms with Crippen LogP contribution in [0.5, 0.6) is 0 Å². The van der Waals surface area contributed by atoms with Crippen LogP contribution >= 0.6 is 0 Å². The molecule has 0 aliphatic heterocycles. The average molecular weight is 406 g/mol. The van der Waals surface area contributed by atoms with Crippen LogP contribution in [-0.2, 0) is 17.8 Å². The highest BCUT2D eigenvalue weighted by Gasteiger charge is 2.21. The summed E-state index contributed by atoms with van der Waals surface area (Å²) in [5.74, 6) is -0.887. The van der Waals surface area contributed by atoms with Crippen molar-refractivity contribution in [3.8, 4) is 11.5 Å². The molecule has 4 rings (SSSR count). The summed E-state index contributed by atoms with van der Waals surface area (Å²) in [5, 5.41) is 19.4. The second-order valence-electron chi connectivity index (χ2n) is 6.59. The van der Waals surface area contributed by atoms with E-state index in [-0.39, 0.29) is 29.5 Å². The fourth-order valence-electron chi connectivity index (χ4n) is 3.28. The van der Waals surface area contributed by atoms with E-state index in [9.17, 15) is 14.7 Å². The number of hydrogen-bond acceptors (Lipinski definition) is 7. The van der Waals surface area contributed by atoms with Gasteiger partial charge in [-0.25, -0.2) is 14.4 Å². The van der Waals surface area contributed by atoms with E-state index in [0.29, 0.717) is 29.0 Å². The maximum absolute atomic E-state index is 12.8. The summed E-state index contributed by atoms with van der Waals surface area (Å²) < 4.78 is 6.35. The quantitative estimate of drug-likeness (QED) is 0.442. The third-order valence-electron chi connectivity index (χ3n) is 4.68. The number of nitrogen functional groups attached to an aromatic ring is 1. The number of nitrogens with two attached hydrogens (primary N) is 1. The molecule has 10 heteroatoms. The SMILES string of the molecule is CCc1cc(NC(=O)Cn2c(-c3nonc3N)nc3ccccc32)ccc1C(=O)O. The van der Waals surface area contributed by atoms with E-state index in [0.717, 1.165) is 5.52 Å². The van der Waals surface area contributed by atoms with Gasteiger partial charge in [0.2, 0.25) is 5.91 Å². The summed E-state index contributed by atoms with van der Waals surface area (Å²) in [6.07, 6.45) is 0.528. The Kier molecular flexibility index (Phi) is 4.88. The highest BCUT2D eigenvalue weighted by atomic mass is 16.6. The van der Waals surface area contributed by atoms with E-state index >= 15 is 0 Å². The Bertz CT molecular complexity index is 1260. The highest BCUT2D eigenvalue weighted by Crippen LogP contribution is 2.26. The molecule has 0 saturated carbocycles. The number of hydrogen-bond donors (Lipinski definition) is 3. The van der Waals surface area contributed by atoms with Gasteiger partial charge in [-0.1, -0.05) is 19.1 Å². The Morgan fingerprint density at radius 1 is 1.20 bits per heavy atom. The van der Waals surface area contributed by atoms with Gasteiger partial charge in [-0.15, -0.1) is 0 Å². The van der Waals surface area contributed by atoms with Crippen LogP contribution in [0.4, 0.5) is 11.5 Å². The Balaban J connectivity index is 1.65. The number of nitrogens with zero attached hydrogens (tertiary/aromatic N) is 4. The second-order valence-corrected chi connectivity index (χ2v) is 6.59. The third kappa shape index (κ3) is 3.46. The van der Waals surface area contributed by atoms with Crippen LogP contribution in [0.25, 0.3) is 22.6 Å². The monoisotopic (exact) mass is 406 g/mol. The first-order chi connectivity index (χ1) is 14.5. The molecule has 152 valence electrons. The topological polar surface area (TPSA) is 149 Å². The minimum Gasteiger partial charge on any atom is -0.478 e. The van der Waals surface area contributed by atoms with Gasteiger partial charge in [0.15, 0.2) is 17.3 Å². The summed E-state index contributed by atoms with van der Waals surface area (Å²) in [4.78, 5) is 28.6. The largest absolute Gasteiger partial charge is 0.478 e. The molecule has 0 aliphatic rings. The molecular formula is C20H18N6O4. The first-order valence-electron chi connectivity index (χ1n) is 9.17. The zero-order chi connectivity index (χ0) is 21.3. The normalized spacial score (nSPS) is 11.0. The maximum Gasteiger partial charge on any atom is 0.335 e. The van der Waals surface area contributed by atoms with E-state index in [1.807, 2.05) is 31.2 Å². The fraction of sp³-hybridized carbons (Fsp3) is 0.150. The molecule has 2 aromatic heterocycles. The van der Waals surface area contributed by atoms with Crippen LogP contribution in [0.3, 0.4) is 0 Å². The van der Waals surface area contributed by atoms with Crippen LogP contribution in [0.15, 0.2) is 47.1 Å². The van der Waals surface area contributed by atoms with Crippen LogP contribution in [0.1, 0.15) is 22.8 Å².